The van der Waals surface area contributed by atoms with Gasteiger partial charge < -0.3 is 24.8 Å². The van der Waals surface area contributed by atoms with Gasteiger partial charge in [-0.2, -0.15) is 0 Å². The Labute approximate surface area is 176 Å². The molecule has 0 radical (unpaired) electrons. The second-order valence-electron chi connectivity index (χ2n) is 6.90. The first kappa shape index (κ1) is 21.9. The molecule has 30 heavy (non-hydrogen) atoms. The Morgan fingerprint density at radius 2 is 2.13 bits per heavy atom. The van der Waals surface area contributed by atoms with Gasteiger partial charge in [0.1, 0.15) is 0 Å². The summed E-state index contributed by atoms with van der Waals surface area (Å²) in [6.45, 7) is 4.50. The number of ether oxygens (including phenoxy) is 2. The van der Waals surface area contributed by atoms with Crippen LogP contribution in [0.15, 0.2) is 48.8 Å². The Morgan fingerprint density at radius 1 is 1.37 bits per heavy atom. The highest BCUT2D eigenvalue weighted by molar-refractivity contribution is 5.88. The molecule has 0 amide bonds. The Bertz CT molecular complexity index is 814. The number of carbonyl (C=O) groups is 1. The van der Waals surface area contributed by atoms with Crippen LogP contribution in [0, 0.1) is 0 Å². The van der Waals surface area contributed by atoms with E-state index < -0.39 is 5.97 Å². The zero-order valence-corrected chi connectivity index (χ0v) is 17.1. The average molecular weight is 412 g/mol. The molecule has 1 aromatic heterocycles. The van der Waals surface area contributed by atoms with E-state index in [9.17, 15) is 9.90 Å². The van der Waals surface area contributed by atoms with Crippen molar-refractivity contribution in [2.75, 3.05) is 44.4 Å². The van der Waals surface area contributed by atoms with E-state index >= 15 is 0 Å². The summed E-state index contributed by atoms with van der Waals surface area (Å²) in [7, 11) is 0. The summed E-state index contributed by atoms with van der Waals surface area (Å²) in [5.41, 5.74) is 1.42. The fourth-order valence-electron chi connectivity index (χ4n) is 3.10. The van der Waals surface area contributed by atoms with Crippen LogP contribution in [-0.2, 0) is 9.47 Å². The van der Waals surface area contributed by atoms with Gasteiger partial charge in [-0.05, 0) is 12.5 Å². The van der Waals surface area contributed by atoms with Crippen molar-refractivity contribution in [3.05, 3.63) is 59.9 Å². The number of carbonyl (C=O) groups excluding carboxylic acids is 1. The molecule has 0 saturated carbocycles. The summed E-state index contributed by atoms with van der Waals surface area (Å²) in [4.78, 5) is 22.4. The van der Waals surface area contributed by atoms with E-state index in [1.807, 2.05) is 47.4 Å². The van der Waals surface area contributed by atoms with Gasteiger partial charge in [0.2, 0.25) is 5.95 Å². The number of aliphatic hydroxyl groups excluding tert-OH is 1. The molecule has 8 heteroatoms. The second kappa shape index (κ2) is 11.4. The zero-order chi connectivity index (χ0) is 21.2. The van der Waals surface area contributed by atoms with Crippen molar-refractivity contribution < 1.29 is 19.4 Å². The third-order valence-electron chi connectivity index (χ3n) is 4.70. The predicted octanol–water partition coefficient (Wildman–Crippen LogP) is 1.52. The van der Waals surface area contributed by atoms with Crippen molar-refractivity contribution in [3.63, 3.8) is 0 Å². The van der Waals surface area contributed by atoms with Crippen molar-refractivity contribution in [1.29, 1.82) is 0 Å². The molecule has 8 nitrogen and oxygen atoms in total. The number of morpholine rings is 1. The molecule has 2 heterocycles. The van der Waals surface area contributed by atoms with Gasteiger partial charge in [-0.3, -0.25) is 0 Å². The van der Waals surface area contributed by atoms with Crippen LogP contribution in [0.2, 0.25) is 0 Å². The molecule has 1 aliphatic heterocycles. The number of aromatic nitrogens is 2. The topological polar surface area (TPSA) is 96.8 Å². The first-order valence-electron chi connectivity index (χ1n) is 10.1. The molecule has 2 N–H and O–H groups in total. The van der Waals surface area contributed by atoms with E-state index in [4.69, 9.17) is 9.47 Å². The third kappa shape index (κ3) is 6.35. The van der Waals surface area contributed by atoms with Gasteiger partial charge >= 0.3 is 5.97 Å². The Kier molecular flexibility index (Phi) is 8.31. The lowest BCUT2D eigenvalue weighted by molar-refractivity contribution is 0.0382. The molecule has 3 rings (SSSR count). The number of aliphatic hydroxyl groups is 1. The molecule has 0 bridgehead atoms. The lowest BCUT2D eigenvalue weighted by Crippen LogP contribution is -2.49. The maximum absolute atomic E-state index is 11.7. The van der Waals surface area contributed by atoms with E-state index in [0.29, 0.717) is 44.4 Å². The highest BCUT2D eigenvalue weighted by Crippen LogP contribution is 2.13. The van der Waals surface area contributed by atoms with Crippen LogP contribution >= 0.6 is 0 Å². The quantitative estimate of drug-likeness (QED) is 0.599. The second-order valence-corrected chi connectivity index (χ2v) is 6.90. The van der Waals surface area contributed by atoms with E-state index in [1.165, 1.54) is 12.4 Å². The minimum Gasteiger partial charge on any atom is -0.462 e. The van der Waals surface area contributed by atoms with E-state index in [1.54, 1.807) is 6.92 Å². The van der Waals surface area contributed by atoms with Crippen molar-refractivity contribution in [1.82, 2.24) is 15.3 Å². The summed E-state index contributed by atoms with van der Waals surface area (Å²) in [6, 6.07) is 9.80. The zero-order valence-electron chi connectivity index (χ0n) is 17.1. The molecular weight excluding hydrogens is 384 g/mol. The number of nitrogens with zero attached hydrogens (tertiary/aromatic N) is 3. The van der Waals surface area contributed by atoms with Gasteiger partial charge in [-0.1, -0.05) is 42.5 Å². The van der Waals surface area contributed by atoms with Crippen LogP contribution in [0.4, 0.5) is 5.95 Å². The SMILES string of the molecule is CCOC(=O)c1cnc(N2CCOC(CNC(/C=C/c3ccccc3)CO)C2)nc1. The van der Waals surface area contributed by atoms with Gasteiger partial charge in [0.15, 0.2) is 0 Å². The molecule has 2 unspecified atom stereocenters. The standard InChI is InChI=1S/C22H28N4O4/c1-2-29-21(28)18-12-24-22(25-13-18)26-10-11-30-20(15-26)14-23-19(16-27)9-8-17-6-4-3-5-7-17/h3-9,12-13,19-20,23,27H,2,10-11,14-16H2,1H3/b9-8+. The van der Waals surface area contributed by atoms with Crippen molar-refractivity contribution >= 4 is 18.0 Å². The Balaban J connectivity index is 1.51. The van der Waals surface area contributed by atoms with Gasteiger partial charge in [-0.15, -0.1) is 0 Å². The van der Waals surface area contributed by atoms with Crippen LogP contribution in [-0.4, -0.2) is 72.6 Å². The smallest absolute Gasteiger partial charge is 0.341 e. The fraction of sp³-hybridized carbons (Fsp3) is 0.409. The number of hydrogen-bond donors (Lipinski definition) is 2. The van der Waals surface area contributed by atoms with Gasteiger partial charge in [0, 0.05) is 38.1 Å². The number of hydrogen-bond acceptors (Lipinski definition) is 8. The number of anilines is 1. The van der Waals surface area contributed by atoms with Crippen LogP contribution in [0.1, 0.15) is 22.8 Å². The van der Waals surface area contributed by atoms with Gasteiger partial charge in [0.25, 0.3) is 0 Å². The van der Waals surface area contributed by atoms with E-state index in [2.05, 4.69) is 15.3 Å². The Hall–Kier alpha value is -2.81. The van der Waals surface area contributed by atoms with E-state index in [-0.39, 0.29) is 18.8 Å². The van der Waals surface area contributed by atoms with Crippen molar-refractivity contribution in [2.45, 2.75) is 19.1 Å². The molecule has 2 atom stereocenters. The number of esters is 1. The lowest BCUT2D eigenvalue weighted by atomic mass is 10.1. The summed E-state index contributed by atoms with van der Waals surface area (Å²) in [5, 5.41) is 13.0. The van der Waals surface area contributed by atoms with Crippen molar-refractivity contribution in [2.24, 2.45) is 0 Å². The molecular formula is C22H28N4O4. The Morgan fingerprint density at radius 3 is 2.83 bits per heavy atom. The highest BCUT2D eigenvalue weighted by atomic mass is 16.5. The monoisotopic (exact) mass is 412 g/mol. The van der Waals surface area contributed by atoms with Crippen LogP contribution in [0.5, 0.6) is 0 Å². The first-order valence-corrected chi connectivity index (χ1v) is 10.1. The van der Waals surface area contributed by atoms with Crippen LogP contribution < -0.4 is 10.2 Å². The first-order chi connectivity index (χ1) is 14.7. The molecule has 1 saturated heterocycles. The molecule has 0 spiro atoms. The molecule has 2 aromatic rings. The molecule has 160 valence electrons. The maximum atomic E-state index is 11.7. The molecule has 1 aromatic carbocycles. The predicted molar refractivity (Wildman–Crippen MR) is 114 cm³/mol. The molecule has 1 aliphatic rings. The summed E-state index contributed by atoms with van der Waals surface area (Å²) in [6.07, 6.45) is 6.85. The lowest BCUT2D eigenvalue weighted by Gasteiger charge is -2.33. The highest BCUT2D eigenvalue weighted by Gasteiger charge is 2.23. The minimum absolute atomic E-state index is 0.00179. The van der Waals surface area contributed by atoms with Crippen LogP contribution in [0.25, 0.3) is 6.08 Å². The average Bonchev–Trinajstić information content (AvgIpc) is 2.80. The molecule has 0 aliphatic carbocycles. The summed E-state index contributed by atoms with van der Waals surface area (Å²) < 4.78 is 10.8. The largest absolute Gasteiger partial charge is 0.462 e. The fourth-order valence-corrected chi connectivity index (χ4v) is 3.10. The van der Waals surface area contributed by atoms with Gasteiger partial charge in [-0.25, -0.2) is 14.8 Å². The number of benzene rings is 1. The van der Waals surface area contributed by atoms with Crippen molar-refractivity contribution in [3.8, 4) is 0 Å². The normalized spacial score (nSPS) is 17.8. The third-order valence-corrected chi connectivity index (χ3v) is 4.70. The van der Waals surface area contributed by atoms with E-state index in [0.717, 1.165) is 5.56 Å². The molecule has 1 fully saturated rings. The number of rotatable bonds is 9. The maximum Gasteiger partial charge on any atom is 0.341 e. The summed E-state index contributed by atoms with van der Waals surface area (Å²) in [5.74, 6) is 0.130. The van der Waals surface area contributed by atoms with Gasteiger partial charge in [0.05, 0.1) is 31.5 Å². The minimum atomic E-state index is -0.424. The van der Waals surface area contributed by atoms with Crippen LogP contribution in [0.3, 0.4) is 0 Å². The number of nitrogens with one attached hydrogen (secondary N) is 1. The summed E-state index contributed by atoms with van der Waals surface area (Å²) >= 11 is 0.